The number of fused-ring (bicyclic) bond motifs is 1. The fourth-order valence-electron chi connectivity index (χ4n) is 4.52. The maximum atomic E-state index is 5.63. The van der Waals surface area contributed by atoms with E-state index in [1.807, 2.05) is 50.4 Å². The molecule has 1 atom stereocenters. The van der Waals surface area contributed by atoms with Crippen LogP contribution in [0.15, 0.2) is 48.8 Å². The van der Waals surface area contributed by atoms with E-state index in [1.54, 1.807) is 25.2 Å². The average Bonchev–Trinajstić information content (AvgIpc) is 3.49. The molecular weight excluding hydrogens is 430 g/mol. The molecule has 1 aliphatic rings. The van der Waals surface area contributed by atoms with Crippen LogP contribution in [0.1, 0.15) is 35.0 Å². The van der Waals surface area contributed by atoms with E-state index in [0.29, 0.717) is 17.5 Å². The van der Waals surface area contributed by atoms with Gasteiger partial charge in [0.05, 0.1) is 19.9 Å². The number of nitrogens with one attached hydrogen (secondary N) is 2. The highest BCUT2D eigenvalue weighted by Gasteiger charge is 2.31. The fourth-order valence-corrected chi connectivity index (χ4v) is 4.52. The molecule has 0 saturated heterocycles. The van der Waals surface area contributed by atoms with Crippen molar-refractivity contribution >= 4 is 17.5 Å². The summed E-state index contributed by atoms with van der Waals surface area (Å²) in [6, 6.07) is 13.9. The van der Waals surface area contributed by atoms with Gasteiger partial charge in [0.2, 0.25) is 5.95 Å². The highest BCUT2D eigenvalue weighted by molar-refractivity contribution is 5.64. The molecule has 1 unspecified atom stereocenters. The van der Waals surface area contributed by atoms with E-state index in [-0.39, 0.29) is 5.92 Å². The molecule has 4 aromatic rings. The lowest BCUT2D eigenvalue weighted by Crippen LogP contribution is -2.08. The number of methoxy groups -OCH3 is 2. The molecule has 2 aromatic carbocycles. The van der Waals surface area contributed by atoms with Crippen LogP contribution in [0.25, 0.3) is 5.69 Å². The van der Waals surface area contributed by atoms with E-state index in [2.05, 4.69) is 26.8 Å². The summed E-state index contributed by atoms with van der Waals surface area (Å²) in [5, 5.41) is 11.0. The van der Waals surface area contributed by atoms with Crippen LogP contribution in [0.4, 0.5) is 17.5 Å². The Morgan fingerprint density at radius 2 is 1.85 bits per heavy atom. The van der Waals surface area contributed by atoms with Crippen LogP contribution in [-0.2, 0) is 6.42 Å². The maximum Gasteiger partial charge on any atom is 0.229 e. The van der Waals surface area contributed by atoms with E-state index >= 15 is 0 Å². The van der Waals surface area contributed by atoms with Gasteiger partial charge in [-0.05, 0) is 38.0 Å². The first-order valence-corrected chi connectivity index (χ1v) is 11.2. The van der Waals surface area contributed by atoms with Crippen molar-refractivity contribution in [1.29, 1.82) is 0 Å². The SMILES string of the molecule is CNc1nc(Nc2ccc(-n3cnc(C)n3)c(OC)c2)nc2c1CCC2c1ccccc1OC. The molecule has 9 nitrogen and oxygen atoms in total. The van der Waals surface area contributed by atoms with Gasteiger partial charge in [0.1, 0.15) is 35.2 Å². The van der Waals surface area contributed by atoms with Crippen LogP contribution in [0.2, 0.25) is 0 Å². The summed E-state index contributed by atoms with van der Waals surface area (Å²) in [5.41, 5.74) is 4.93. The predicted octanol–water partition coefficient (Wildman–Crippen LogP) is 4.25. The third-order valence-corrected chi connectivity index (χ3v) is 6.09. The third-order valence-electron chi connectivity index (χ3n) is 6.09. The van der Waals surface area contributed by atoms with Gasteiger partial charge < -0.3 is 20.1 Å². The smallest absolute Gasteiger partial charge is 0.229 e. The molecule has 0 aliphatic heterocycles. The first-order valence-electron chi connectivity index (χ1n) is 11.2. The van der Waals surface area contributed by atoms with Gasteiger partial charge in [0.25, 0.3) is 0 Å². The van der Waals surface area contributed by atoms with E-state index in [9.17, 15) is 0 Å². The van der Waals surface area contributed by atoms with Gasteiger partial charge in [-0.1, -0.05) is 18.2 Å². The number of benzene rings is 2. The van der Waals surface area contributed by atoms with Crippen molar-refractivity contribution in [2.24, 2.45) is 0 Å². The number of ether oxygens (including phenoxy) is 2. The molecule has 0 bridgehead atoms. The number of anilines is 3. The minimum Gasteiger partial charge on any atom is -0.496 e. The second-order valence-corrected chi connectivity index (χ2v) is 8.09. The molecule has 0 amide bonds. The largest absolute Gasteiger partial charge is 0.496 e. The first kappa shape index (κ1) is 21.7. The Morgan fingerprint density at radius 1 is 1.03 bits per heavy atom. The normalized spacial score (nSPS) is 14.5. The van der Waals surface area contributed by atoms with Crippen LogP contribution in [0, 0.1) is 6.92 Å². The van der Waals surface area contributed by atoms with E-state index in [1.165, 1.54) is 0 Å². The molecule has 1 aliphatic carbocycles. The van der Waals surface area contributed by atoms with Crippen LogP contribution in [0.3, 0.4) is 0 Å². The van der Waals surface area contributed by atoms with Crippen LogP contribution >= 0.6 is 0 Å². The zero-order chi connectivity index (χ0) is 23.7. The standard InChI is InChI=1S/C25H27N7O2/c1-15-27-14-32(31-15)20-12-9-16(13-22(20)34-4)28-25-29-23-18(10-11-19(23)24(26-2)30-25)17-7-5-6-8-21(17)33-3/h5-9,12-14,18H,10-11H2,1-4H3,(H2,26,28,29,30). The second-order valence-electron chi connectivity index (χ2n) is 8.09. The molecule has 2 aromatic heterocycles. The van der Waals surface area contributed by atoms with E-state index < -0.39 is 0 Å². The van der Waals surface area contributed by atoms with Crippen molar-refractivity contribution < 1.29 is 9.47 Å². The van der Waals surface area contributed by atoms with Crippen molar-refractivity contribution in [1.82, 2.24) is 24.7 Å². The number of rotatable bonds is 7. The average molecular weight is 458 g/mol. The van der Waals surface area contributed by atoms with Crippen molar-refractivity contribution in [3.8, 4) is 17.2 Å². The molecule has 34 heavy (non-hydrogen) atoms. The molecule has 0 saturated carbocycles. The number of aromatic nitrogens is 5. The lowest BCUT2D eigenvalue weighted by molar-refractivity contribution is 0.407. The Hall–Kier alpha value is -4.14. The van der Waals surface area contributed by atoms with Gasteiger partial charge in [0, 0.05) is 35.8 Å². The summed E-state index contributed by atoms with van der Waals surface area (Å²) < 4.78 is 12.9. The summed E-state index contributed by atoms with van der Waals surface area (Å²) in [6.45, 7) is 1.85. The number of hydrogen-bond acceptors (Lipinski definition) is 8. The molecule has 0 radical (unpaired) electrons. The predicted molar refractivity (Wildman–Crippen MR) is 131 cm³/mol. The first-order chi connectivity index (χ1) is 16.6. The summed E-state index contributed by atoms with van der Waals surface area (Å²) in [7, 11) is 5.23. The molecular formula is C25H27N7O2. The molecule has 2 N–H and O–H groups in total. The number of para-hydroxylation sites is 1. The topological polar surface area (TPSA) is 99.0 Å². The number of nitrogens with zero attached hydrogens (tertiary/aromatic N) is 5. The summed E-state index contributed by atoms with van der Waals surface area (Å²) >= 11 is 0. The quantitative estimate of drug-likeness (QED) is 0.425. The van der Waals surface area contributed by atoms with Gasteiger partial charge in [-0.15, -0.1) is 0 Å². The monoisotopic (exact) mass is 457 g/mol. The van der Waals surface area contributed by atoms with Crippen LogP contribution < -0.4 is 20.1 Å². The summed E-state index contributed by atoms with van der Waals surface area (Å²) in [5.74, 6) is 3.75. The van der Waals surface area contributed by atoms with Gasteiger partial charge in [-0.25, -0.2) is 14.6 Å². The number of aryl methyl sites for hydroxylation is 1. The molecule has 9 heteroatoms. The molecule has 0 fully saturated rings. The summed E-state index contributed by atoms with van der Waals surface area (Å²) in [4.78, 5) is 13.9. The lowest BCUT2D eigenvalue weighted by Gasteiger charge is -2.17. The van der Waals surface area contributed by atoms with Crippen LogP contribution in [-0.4, -0.2) is 46.0 Å². The van der Waals surface area contributed by atoms with Crippen molar-refractivity contribution in [2.75, 3.05) is 31.9 Å². The zero-order valence-electron chi connectivity index (χ0n) is 19.7. The van der Waals surface area contributed by atoms with Crippen molar-refractivity contribution in [3.05, 3.63) is 71.4 Å². The minimum absolute atomic E-state index is 0.147. The molecule has 0 spiro atoms. The van der Waals surface area contributed by atoms with E-state index in [4.69, 9.17) is 19.4 Å². The fraction of sp³-hybridized carbons (Fsp3) is 0.280. The third kappa shape index (κ3) is 3.89. The Balaban J connectivity index is 1.50. The highest BCUT2D eigenvalue weighted by atomic mass is 16.5. The Morgan fingerprint density at radius 3 is 2.59 bits per heavy atom. The zero-order valence-corrected chi connectivity index (χ0v) is 19.7. The number of hydrogen-bond donors (Lipinski definition) is 2. The Kier molecular flexibility index (Phi) is 5.75. The molecule has 2 heterocycles. The van der Waals surface area contributed by atoms with E-state index in [0.717, 1.165) is 52.6 Å². The van der Waals surface area contributed by atoms with Gasteiger partial charge in [-0.2, -0.15) is 10.1 Å². The lowest BCUT2D eigenvalue weighted by atomic mass is 9.95. The minimum atomic E-state index is 0.147. The van der Waals surface area contributed by atoms with Crippen molar-refractivity contribution in [2.45, 2.75) is 25.7 Å². The highest BCUT2D eigenvalue weighted by Crippen LogP contribution is 2.43. The Labute approximate surface area is 198 Å². The summed E-state index contributed by atoms with van der Waals surface area (Å²) in [6.07, 6.45) is 3.54. The van der Waals surface area contributed by atoms with Gasteiger partial charge in [0.15, 0.2) is 0 Å². The maximum absolute atomic E-state index is 5.63. The van der Waals surface area contributed by atoms with Crippen LogP contribution in [0.5, 0.6) is 11.5 Å². The molecule has 174 valence electrons. The van der Waals surface area contributed by atoms with Crippen molar-refractivity contribution in [3.63, 3.8) is 0 Å². The second kappa shape index (κ2) is 9.01. The Bertz CT molecular complexity index is 1330. The molecule has 5 rings (SSSR count). The van der Waals surface area contributed by atoms with Gasteiger partial charge >= 0.3 is 0 Å². The van der Waals surface area contributed by atoms with Gasteiger partial charge in [-0.3, -0.25) is 0 Å².